The van der Waals surface area contributed by atoms with Gasteiger partial charge in [-0.3, -0.25) is 9.10 Å². The zero-order valence-corrected chi connectivity index (χ0v) is 21.2. The molecule has 0 unspecified atom stereocenters. The van der Waals surface area contributed by atoms with Crippen molar-refractivity contribution >= 4 is 33.3 Å². The molecule has 0 saturated heterocycles. The molecule has 0 heterocycles. The molecule has 3 rings (SSSR count). The zero-order chi connectivity index (χ0) is 28.1. The highest BCUT2D eigenvalue weighted by Gasteiger charge is 2.33. The van der Waals surface area contributed by atoms with Gasteiger partial charge in [-0.1, -0.05) is 24.3 Å². The van der Waals surface area contributed by atoms with Crippen LogP contribution in [0.1, 0.15) is 15.9 Å². The first kappa shape index (κ1) is 28.3. The number of esters is 1. The van der Waals surface area contributed by atoms with Crippen LogP contribution in [0.15, 0.2) is 71.6 Å². The molecule has 0 bridgehead atoms. The highest BCUT2D eigenvalue weighted by molar-refractivity contribution is 7.92. The van der Waals surface area contributed by atoms with Crippen LogP contribution in [0.25, 0.3) is 0 Å². The van der Waals surface area contributed by atoms with Crippen LogP contribution in [-0.2, 0) is 25.7 Å². The predicted molar refractivity (Wildman–Crippen MR) is 132 cm³/mol. The predicted octanol–water partition coefficient (Wildman–Crippen LogP) is 4.34. The van der Waals surface area contributed by atoms with E-state index in [4.69, 9.17) is 14.2 Å². The molecule has 38 heavy (non-hydrogen) atoms. The number of benzene rings is 3. The molecule has 1 N–H and O–H groups in total. The van der Waals surface area contributed by atoms with Crippen LogP contribution in [0.2, 0.25) is 0 Å². The van der Waals surface area contributed by atoms with Gasteiger partial charge in [-0.15, -0.1) is 0 Å². The van der Waals surface area contributed by atoms with Crippen LogP contribution in [0.3, 0.4) is 0 Å². The molecule has 9 nitrogen and oxygen atoms in total. The minimum Gasteiger partial charge on any atom is -0.493 e. The number of sulfonamides is 1. The maximum absolute atomic E-state index is 13.4. The Morgan fingerprint density at radius 1 is 0.895 bits per heavy atom. The van der Waals surface area contributed by atoms with Gasteiger partial charge in [0.05, 0.1) is 48.7 Å². The summed E-state index contributed by atoms with van der Waals surface area (Å²) in [5.74, 6) is -1.50. The Hall–Kier alpha value is -4.26. The number of nitrogens with zero attached hydrogens (tertiary/aromatic N) is 1. The fourth-order valence-electron chi connectivity index (χ4n) is 3.45. The van der Waals surface area contributed by atoms with Crippen LogP contribution in [0.5, 0.6) is 11.5 Å². The van der Waals surface area contributed by atoms with Gasteiger partial charge in [-0.05, 0) is 30.3 Å². The lowest BCUT2D eigenvalue weighted by Gasteiger charge is -2.25. The molecule has 13 heteroatoms. The van der Waals surface area contributed by atoms with Gasteiger partial charge in [-0.2, -0.15) is 13.2 Å². The number of halogens is 3. The van der Waals surface area contributed by atoms with E-state index in [9.17, 15) is 31.2 Å². The molecule has 0 atom stereocenters. The number of methoxy groups -OCH3 is 3. The molecule has 1 amide bonds. The van der Waals surface area contributed by atoms with E-state index in [1.807, 2.05) is 0 Å². The van der Waals surface area contributed by atoms with E-state index in [0.717, 1.165) is 25.3 Å². The summed E-state index contributed by atoms with van der Waals surface area (Å²) in [5.41, 5.74) is -1.72. The van der Waals surface area contributed by atoms with Crippen LogP contribution >= 0.6 is 0 Å². The minimum atomic E-state index is -4.75. The summed E-state index contributed by atoms with van der Waals surface area (Å²) in [7, 11) is -0.718. The maximum Gasteiger partial charge on any atom is 0.416 e. The average Bonchev–Trinajstić information content (AvgIpc) is 2.91. The third-order valence-corrected chi connectivity index (χ3v) is 7.07. The quantitative estimate of drug-likeness (QED) is 0.393. The van der Waals surface area contributed by atoms with Gasteiger partial charge in [0.1, 0.15) is 6.54 Å². The number of hydrogen-bond acceptors (Lipinski definition) is 7. The van der Waals surface area contributed by atoms with Gasteiger partial charge in [-0.25, -0.2) is 13.2 Å². The van der Waals surface area contributed by atoms with E-state index in [1.165, 1.54) is 50.6 Å². The summed E-state index contributed by atoms with van der Waals surface area (Å²) in [6.45, 7) is -0.923. The Balaban J connectivity index is 2.06. The molecular weight excluding hydrogens is 529 g/mol. The molecule has 0 radical (unpaired) electrons. The van der Waals surface area contributed by atoms with Gasteiger partial charge in [0.25, 0.3) is 10.0 Å². The normalized spacial score (nSPS) is 11.4. The van der Waals surface area contributed by atoms with Crippen molar-refractivity contribution in [2.45, 2.75) is 11.1 Å². The first-order chi connectivity index (χ1) is 17.9. The Morgan fingerprint density at radius 3 is 2.11 bits per heavy atom. The third kappa shape index (κ3) is 6.17. The summed E-state index contributed by atoms with van der Waals surface area (Å²) in [5, 5.41) is 2.42. The van der Waals surface area contributed by atoms with Crippen molar-refractivity contribution in [1.29, 1.82) is 0 Å². The number of carbonyl (C=O) groups excluding carboxylic acids is 2. The number of anilines is 2. The van der Waals surface area contributed by atoms with E-state index >= 15 is 0 Å². The average molecular weight is 553 g/mol. The first-order valence-electron chi connectivity index (χ1n) is 10.8. The van der Waals surface area contributed by atoms with Crippen molar-refractivity contribution in [1.82, 2.24) is 0 Å². The van der Waals surface area contributed by atoms with E-state index in [0.29, 0.717) is 10.4 Å². The number of nitrogens with one attached hydrogen (secondary N) is 1. The van der Waals surface area contributed by atoms with Gasteiger partial charge < -0.3 is 19.5 Å². The highest BCUT2D eigenvalue weighted by Crippen LogP contribution is 2.35. The van der Waals surface area contributed by atoms with E-state index in [-0.39, 0.29) is 33.3 Å². The standard InChI is InChI=1S/C25H23F3N2O7S/c1-35-21-13-19(24(32)37-3)20(14-22(21)36-2)29-23(31)15-30(38(33,34)18-10-5-4-6-11-18)17-9-7-8-16(12-17)25(26,27)28/h4-14H,15H2,1-3H3,(H,29,31). The van der Waals surface area contributed by atoms with Gasteiger partial charge >= 0.3 is 12.1 Å². The number of rotatable bonds is 9. The Morgan fingerprint density at radius 2 is 1.53 bits per heavy atom. The SMILES string of the molecule is COC(=O)c1cc(OC)c(OC)cc1NC(=O)CN(c1cccc(C(F)(F)F)c1)S(=O)(=O)c1ccccc1. The summed E-state index contributed by atoms with van der Waals surface area (Å²) in [6.07, 6.45) is -4.75. The lowest BCUT2D eigenvalue weighted by atomic mass is 10.1. The molecule has 0 aliphatic carbocycles. The summed E-state index contributed by atoms with van der Waals surface area (Å²) in [4.78, 5) is 25.2. The van der Waals surface area contributed by atoms with E-state index in [2.05, 4.69) is 5.32 Å². The summed E-state index contributed by atoms with van der Waals surface area (Å²) < 4.78 is 82.6. The molecule has 202 valence electrons. The van der Waals surface area contributed by atoms with Crippen LogP contribution in [0, 0.1) is 0 Å². The molecule has 0 spiro atoms. The van der Waals surface area contributed by atoms with Crippen molar-refractivity contribution < 1.29 is 45.4 Å². The van der Waals surface area contributed by atoms with Gasteiger partial charge in [0, 0.05) is 12.1 Å². The fourth-order valence-corrected chi connectivity index (χ4v) is 4.89. The third-order valence-electron chi connectivity index (χ3n) is 5.28. The summed E-state index contributed by atoms with van der Waals surface area (Å²) >= 11 is 0. The highest BCUT2D eigenvalue weighted by atomic mass is 32.2. The molecule has 0 saturated carbocycles. The zero-order valence-electron chi connectivity index (χ0n) is 20.4. The van der Waals surface area contributed by atoms with Crippen LogP contribution < -0.4 is 19.1 Å². The molecule has 3 aromatic carbocycles. The van der Waals surface area contributed by atoms with Crippen molar-refractivity contribution in [3.63, 3.8) is 0 Å². The number of ether oxygens (including phenoxy) is 3. The first-order valence-corrected chi connectivity index (χ1v) is 12.3. The molecule has 3 aromatic rings. The second-order valence-electron chi connectivity index (χ2n) is 7.67. The number of carbonyl (C=O) groups is 2. The number of alkyl halides is 3. The van der Waals surface area contributed by atoms with E-state index in [1.54, 1.807) is 6.07 Å². The number of amides is 1. The smallest absolute Gasteiger partial charge is 0.416 e. The lowest BCUT2D eigenvalue weighted by Crippen LogP contribution is -2.38. The monoisotopic (exact) mass is 552 g/mol. The summed E-state index contributed by atoms with van der Waals surface area (Å²) in [6, 6.07) is 13.0. The van der Waals surface area contributed by atoms with Crippen molar-refractivity contribution in [3.05, 3.63) is 77.9 Å². The van der Waals surface area contributed by atoms with Crippen molar-refractivity contribution in [2.24, 2.45) is 0 Å². The second-order valence-corrected chi connectivity index (χ2v) is 9.53. The largest absolute Gasteiger partial charge is 0.493 e. The Labute approximate surface area is 216 Å². The van der Waals surface area contributed by atoms with Gasteiger partial charge in [0.15, 0.2) is 11.5 Å². The molecule has 0 fully saturated rings. The topological polar surface area (TPSA) is 111 Å². The lowest BCUT2D eigenvalue weighted by molar-refractivity contribution is -0.137. The minimum absolute atomic E-state index is 0.0967. The Kier molecular flexibility index (Phi) is 8.51. The molecule has 0 aliphatic rings. The van der Waals surface area contributed by atoms with Gasteiger partial charge in [0.2, 0.25) is 5.91 Å². The Bertz CT molecular complexity index is 1430. The van der Waals surface area contributed by atoms with Crippen LogP contribution in [-0.4, -0.2) is 48.2 Å². The molecule has 0 aromatic heterocycles. The second kappa shape index (κ2) is 11.4. The van der Waals surface area contributed by atoms with Crippen molar-refractivity contribution in [3.8, 4) is 11.5 Å². The molecular formula is C25H23F3N2O7S. The fraction of sp³-hybridized carbons (Fsp3) is 0.200. The van der Waals surface area contributed by atoms with E-state index < -0.39 is 40.2 Å². The molecule has 0 aliphatic heterocycles. The van der Waals surface area contributed by atoms with Crippen molar-refractivity contribution in [2.75, 3.05) is 37.5 Å². The number of hydrogen-bond donors (Lipinski definition) is 1. The van der Waals surface area contributed by atoms with Crippen LogP contribution in [0.4, 0.5) is 24.5 Å². The maximum atomic E-state index is 13.4.